The summed E-state index contributed by atoms with van der Waals surface area (Å²) in [6.45, 7) is 4.86. The monoisotopic (exact) mass is 313 g/mol. The van der Waals surface area contributed by atoms with E-state index in [0.29, 0.717) is 5.95 Å². The number of aliphatic imine (C=N–C) groups is 1. The third-order valence-electron chi connectivity index (χ3n) is 3.28. The predicted molar refractivity (Wildman–Crippen MR) is 78.9 cm³/mol. The summed E-state index contributed by atoms with van der Waals surface area (Å²) < 4.78 is 24.6. The van der Waals surface area contributed by atoms with Crippen LogP contribution in [0.25, 0.3) is 0 Å². The minimum absolute atomic E-state index is 0.0298. The molecule has 0 saturated carbocycles. The molecule has 9 heteroatoms. The number of nitrogens with zero attached hydrogens (tertiary/aromatic N) is 4. The first-order valence-corrected chi connectivity index (χ1v) is 8.29. The number of nitrogens with one attached hydrogen (secondary N) is 1. The SMILES string of the molecule is CC(C)S(=O)(=O)c1cnc(N2CCCC2)nc1N=CNO. The van der Waals surface area contributed by atoms with Crippen LogP contribution in [0.3, 0.4) is 0 Å². The van der Waals surface area contributed by atoms with E-state index in [9.17, 15) is 8.42 Å². The second-order valence-electron chi connectivity index (χ2n) is 5.03. The second kappa shape index (κ2) is 6.35. The lowest BCUT2D eigenvalue weighted by Crippen LogP contribution is -2.22. The van der Waals surface area contributed by atoms with E-state index >= 15 is 0 Å². The first kappa shape index (κ1) is 15.6. The van der Waals surface area contributed by atoms with Gasteiger partial charge < -0.3 is 4.90 Å². The molecule has 1 aliphatic heterocycles. The largest absolute Gasteiger partial charge is 0.341 e. The number of rotatable bonds is 5. The van der Waals surface area contributed by atoms with Crippen molar-refractivity contribution < 1.29 is 13.6 Å². The molecule has 0 atom stereocenters. The third kappa shape index (κ3) is 3.30. The van der Waals surface area contributed by atoms with Crippen molar-refractivity contribution in [2.24, 2.45) is 4.99 Å². The van der Waals surface area contributed by atoms with Crippen LogP contribution in [-0.2, 0) is 9.84 Å². The number of hydrogen-bond donors (Lipinski definition) is 2. The Morgan fingerprint density at radius 1 is 1.43 bits per heavy atom. The van der Waals surface area contributed by atoms with Gasteiger partial charge >= 0.3 is 0 Å². The van der Waals surface area contributed by atoms with Crippen molar-refractivity contribution in [3.8, 4) is 0 Å². The summed E-state index contributed by atoms with van der Waals surface area (Å²) in [5.41, 5.74) is 1.75. The molecule has 0 amide bonds. The van der Waals surface area contributed by atoms with E-state index < -0.39 is 15.1 Å². The molecule has 21 heavy (non-hydrogen) atoms. The minimum Gasteiger partial charge on any atom is -0.341 e. The van der Waals surface area contributed by atoms with Crippen LogP contribution < -0.4 is 10.4 Å². The van der Waals surface area contributed by atoms with Crippen LogP contribution in [0.5, 0.6) is 0 Å². The molecule has 8 nitrogen and oxygen atoms in total. The van der Waals surface area contributed by atoms with E-state index in [1.165, 1.54) is 6.20 Å². The van der Waals surface area contributed by atoms with Crippen molar-refractivity contribution in [2.75, 3.05) is 18.0 Å². The fourth-order valence-electron chi connectivity index (χ4n) is 2.06. The summed E-state index contributed by atoms with van der Waals surface area (Å²) in [5, 5.41) is 8.01. The Morgan fingerprint density at radius 2 is 2.10 bits per heavy atom. The van der Waals surface area contributed by atoms with Gasteiger partial charge in [-0.3, -0.25) is 10.7 Å². The van der Waals surface area contributed by atoms with Gasteiger partial charge in [0.2, 0.25) is 5.95 Å². The van der Waals surface area contributed by atoms with Crippen LogP contribution in [0.15, 0.2) is 16.1 Å². The zero-order valence-electron chi connectivity index (χ0n) is 12.0. The molecule has 116 valence electrons. The number of hydrogen-bond acceptors (Lipinski definition) is 7. The molecule has 0 spiro atoms. The molecule has 1 aromatic rings. The molecule has 0 aliphatic carbocycles. The molecule has 0 radical (unpaired) electrons. The minimum atomic E-state index is -3.54. The van der Waals surface area contributed by atoms with Crippen LogP contribution in [0.2, 0.25) is 0 Å². The molecule has 1 aliphatic rings. The fourth-order valence-corrected chi connectivity index (χ4v) is 3.12. The lowest BCUT2D eigenvalue weighted by Gasteiger charge is -2.16. The molecule has 0 aromatic carbocycles. The third-order valence-corrected chi connectivity index (χ3v) is 5.43. The molecule has 2 N–H and O–H groups in total. The highest BCUT2D eigenvalue weighted by Gasteiger charge is 2.26. The van der Waals surface area contributed by atoms with Gasteiger partial charge in [0.15, 0.2) is 15.7 Å². The van der Waals surface area contributed by atoms with Crippen LogP contribution >= 0.6 is 0 Å². The van der Waals surface area contributed by atoms with E-state index in [0.717, 1.165) is 32.3 Å². The van der Waals surface area contributed by atoms with Gasteiger partial charge in [0.25, 0.3) is 0 Å². The van der Waals surface area contributed by atoms with Crippen LogP contribution in [0.4, 0.5) is 11.8 Å². The number of aromatic nitrogens is 2. The lowest BCUT2D eigenvalue weighted by molar-refractivity contribution is 0.240. The van der Waals surface area contributed by atoms with E-state index in [1.807, 2.05) is 4.90 Å². The lowest BCUT2D eigenvalue weighted by atomic mass is 10.4. The average Bonchev–Trinajstić information content (AvgIpc) is 2.98. The highest BCUT2D eigenvalue weighted by Crippen LogP contribution is 2.27. The van der Waals surface area contributed by atoms with Crippen molar-refractivity contribution in [3.63, 3.8) is 0 Å². The van der Waals surface area contributed by atoms with Gasteiger partial charge in [0, 0.05) is 13.1 Å². The highest BCUT2D eigenvalue weighted by atomic mass is 32.2. The van der Waals surface area contributed by atoms with E-state index in [4.69, 9.17) is 5.21 Å². The topological polar surface area (TPSA) is 108 Å². The summed E-state index contributed by atoms with van der Waals surface area (Å²) in [6.07, 6.45) is 4.40. The molecule has 0 bridgehead atoms. The Bertz CT molecular complexity index is 624. The van der Waals surface area contributed by atoms with Crippen LogP contribution in [-0.4, -0.2) is 48.3 Å². The molecule has 2 heterocycles. The zero-order valence-corrected chi connectivity index (χ0v) is 12.8. The maximum atomic E-state index is 12.3. The fraction of sp³-hybridized carbons (Fsp3) is 0.583. The number of hydroxylamine groups is 1. The summed E-state index contributed by atoms with van der Waals surface area (Å²) in [7, 11) is -3.54. The Hall–Kier alpha value is -1.74. The van der Waals surface area contributed by atoms with Crippen molar-refractivity contribution in [1.29, 1.82) is 0 Å². The summed E-state index contributed by atoms with van der Waals surface area (Å²) in [5.74, 6) is 0.488. The van der Waals surface area contributed by atoms with E-state index in [-0.39, 0.29) is 10.7 Å². The summed E-state index contributed by atoms with van der Waals surface area (Å²) in [4.78, 5) is 14.2. The Morgan fingerprint density at radius 3 is 2.67 bits per heavy atom. The average molecular weight is 313 g/mol. The second-order valence-corrected chi connectivity index (χ2v) is 7.51. The summed E-state index contributed by atoms with van der Waals surface area (Å²) >= 11 is 0. The van der Waals surface area contributed by atoms with Gasteiger partial charge in [0.1, 0.15) is 11.2 Å². The Kier molecular flexibility index (Phi) is 4.73. The summed E-state index contributed by atoms with van der Waals surface area (Å²) in [6, 6.07) is 0. The van der Waals surface area contributed by atoms with Crippen molar-refractivity contribution in [1.82, 2.24) is 15.4 Å². The highest BCUT2D eigenvalue weighted by molar-refractivity contribution is 7.92. The molecular weight excluding hydrogens is 294 g/mol. The molecule has 1 fully saturated rings. The standard InChI is InChI=1S/C12H19N5O3S/c1-9(2)21(19,20)10-7-13-12(17-5-3-4-6-17)16-11(10)14-8-15-18/h7-9,18H,3-6H2,1-2H3,(H,13,14,15,16). The first-order chi connectivity index (χ1) is 9.96. The normalized spacial score (nSPS) is 16.1. The van der Waals surface area contributed by atoms with Gasteiger partial charge in [-0.2, -0.15) is 4.98 Å². The quantitative estimate of drug-likeness (QED) is 0.472. The molecule has 0 unspecified atom stereocenters. The van der Waals surface area contributed by atoms with Crippen molar-refractivity contribution in [3.05, 3.63) is 6.20 Å². The maximum Gasteiger partial charge on any atom is 0.227 e. The number of sulfone groups is 1. The molecule has 1 saturated heterocycles. The van der Waals surface area contributed by atoms with Gasteiger partial charge in [-0.15, -0.1) is 0 Å². The molecule has 1 aromatic heterocycles. The predicted octanol–water partition coefficient (Wildman–Crippen LogP) is 0.897. The van der Waals surface area contributed by atoms with Crippen LogP contribution in [0, 0.1) is 0 Å². The smallest absolute Gasteiger partial charge is 0.227 e. The Labute approximate surface area is 123 Å². The van der Waals surface area contributed by atoms with Crippen LogP contribution in [0.1, 0.15) is 26.7 Å². The van der Waals surface area contributed by atoms with Crippen molar-refractivity contribution in [2.45, 2.75) is 36.8 Å². The van der Waals surface area contributed by atoms with Crippen molar-refractivity contribution >= 4 is 27.9 Å². The van der Waals surface area contributed by atoms with E-state index in [2.05, 4.69) is 15.0 Å². The van der Waals surface area contributed by atoms with Gasteiger partial charge in [-0.25, -0.2) is 18.4 Å². The molecule has 2 rings (SSSR count). The maximum absolute atomic E-state index is 12.3. The number of anilines is 1. The van der Waals surface area contributed by atoms with Gasteiger partial charge in [0.05, 0.1) is 11.4 Å². The van der Waals surface area contributed by atoms with Gasteiger partial charge in [-0.05, 0) is 26.7 Å². The van der Waals surface area contributed by atoms with Gasteiger partial charge in [-0.1, -0.05) is 0 Å². The Balaban J connectivity index is 2.47. The first-order valence-electron chi connectivity index (χ1n) is 6.75. The van der Waals surface area contributed by atoms with E-state index in [1.54, 1.807) is 19.3 Å². The zero-order chi connectivity index (χ0) is 15.5. The molecular formula is C12H19N5O3S.